The first-order valence-electron chi connectivity index (χ1n) is 7.36. The fourth-order valence-electron chi connectivity index (χ4n) is 2.42. The normalized spacial score (nSPS) is 18.9. The molecule has 0 saturated heterocycles. The molecule has 3 nitrogen and oxygen atoms in total. The third kappa shape index (κ3) is 3.93. The Labute approximate surface area is 120 Å². The van der Waals surface area contributed by atoms with Gasteiger partial charge < -0.3 is 14.8 Å². The number of halogens is 1. The van der Waals surface area contributed by atoms with Gasteiger partial charge in [-0.3, -0.25) is 0 Å². The summed E-state index contributed by atoms with van der Waals surface area (Å²) in [7, 11) is 0. The van der Waals surface area contributed by atoms with Gasteiger partial charge in [0.15, 0.2) is 0 Å². The molecule has 1 aromatic carbocycles. The summed E-state index contributed by atoms with van der Waals surface area (Å²) in [6, 6.07) is 5.04. The highest BCUT2D eigenvalue weighted by atomic mass is 19.1. The predicted octanol–water partition coefficient (Wildman–Crippen LogP) is 2.78. The lowest BCUT2D eigenvalue weighted by Gasteiger charge is -2.24. The van der Waals surface area contributed by atoms with Crippen LogP contribution in [0.15, 0.2) is 18.2 Å². The van der Waals surface area contributed by atoms with Crippen molar-refractivity contribution >= 4 is 0 Å². The minimum Gasteiger partial charge on any atom is -0.488 e. The molecule has 0 aliphatic carbocycles. The highest BCUT2D eigenvalue weighted by Crippen LogP contribution is 2.29. The Balaban J connectivity index is 1.83. The van der Waals surface area contributed by atoms with E-state index in [4.69, 9.17) is 9.47 Å². The second kappa shape index (κ2) is 7.04. The van der Waals surface area contributed by atoms with E-state index in [2.05, 4.69) is 19.2 Å². The standard InChI is InChI=1S/C16H24FNO2/c1-4-19-10-15(11(2)3)18-9-14-8-12-7-13(17)5-6-16(12)20-14/h5-7,11,14-15,18H,4,8-10H2,1-3H3. The fraction of sp³-hybridized carbons (Fsp3) is 0.625. The summed E-state index contributed by atoms with van der Waals surface area (Å²) in [5.41, 5.74) is 0.961. The van der Waals surface area contributed by atoms with Crippen LogP contribution in [-0.4, -0.2) is 31.9 Å². The number of hydrogen-bond donors (Lipinski definition) is 1. The molecular weight excluding hydrogens is 257 g/mol. The minimum absolute atomic E-state index is 0.0784. The van der Waals surface area contributed by atoms with Crippen molar-refractivity contribution < 1.29 is 13.9 Å². The molecule has 2 unspecified atom stereocenters. The third-order valence-corrected chi connectivity index (χ3v) is 3.68. The summed E-state index contributed by atoms with van der Waals surface area (Å²) in [5, 5.41) is 3.50. The Morgan fingerprint density at radius 3 is 2.95 bits per heavy atom. The van der Waals surface area contributed by atoms with E-state index in [9.17, 15) is 4.39 Å². The van der Waals surface area contributed by atoms with Crippen LogP contribution in [0.2, 0.25) is 0 Å². The van der Waals surface area contributed by atoms with E-state index in [1.807, 2.05) is 6.92 Å². The number of rotatable bonds is 7. The highest BCUT2D eigenvalue weighted by Gasteiger charge is 2.24. The average molecular weight is 281 g/mol. The molecule has 0 amide bonds. The summed E-state index contributed by atoms with van der Waals surface area (Å²) in [4.78, 5) is 0. The first kappa shape index (κ1) is 15.3. The molecule has 112 valence electrons. The van der Waals surface area contributed by atoms with Gasteiger partial charge in [-0.2, -0.15) is 0 Å². The number of hydrogen-bond acceptors (Lipinski definition) is 3. The van der Waals surface area contributed by atoms with Gasteiger partial charge in [0.05, 0.1) is 6.61 Å². The molecule has 0 spiro atoms. The van der Waals surface area contributed by atoms with E-state index in [-0.39, 0.29) is 11.9 Å². The quantitative estimate of drug-likeness (QED) is 0.833. The van der Waals surface area contributed by atoms with Crippen LogP contribution in [0, 0.1) is 11.7 Å². The maximum absolute atomic E-state index is 13.2. The zero-order chi connectivity index (χ0) is 14.5. The van der Waals surface area contributed by atoms with Gasteiger partial charge in [-0.05, 0) is 31.0 Å². The van der Waals surface area contributed by atoms with E-state index >= 15 is 0 Å². The Morgan fingerprint density at radius 1 is 1.45 bits per heavy atom. The lowest BCUT2D eigenvalue weighted by molar-refractivity contribution is 0.102. The molecule has 4 heteroatoms. The largest absolute Gasteiger partial charge is 0.488 e. The van der Waals surface area contributed by atoms with E-state index < -0.39 is 0 Å². The summed E-state index contributed by atoms with van der Waals surface area (Å²) in [6.45, 7) is 8.56. The van der Waals surface area contributed by atoms with Crippen molar-refractivity contribution in [3.05, 3.63) is 29.6 Å². The summed E-state index contributed by atoms with van der Waals surface area (Å²) >= 11 is 0. The first-order chi connectivity index (χ1) is 9.60. The minimum atomic E-state index is -0.197. The van der Waals surface area contributed by atoms with E-state index in [1.165, 1.54) is 6.07 Å². The molecule has 0 bridgehead atoms. The fourth-order valence-corrected chi connectivity index (χ4v) is 2.42. The maximum Gasteiger partial charge on any atom is 0.123 e. The molecule has 1 aromatic rings. The summed E-state index contributed by atoms with van der Waals surface area (Å²) < 4.78 is 24.5. The number of nitrogens with one attached hydrogen (secondary N) is 1. The monoisotopic (exact) mass is 281 g/mol. The van der Waals surface area contributed by atoms with Crippen LogP contribution in [-0.2, 0) is 11.2 Å². The predicted molar refractivity (Wildman–Crippen MR) is 77.6 cm³/mol. The van der Waals surface area contributed by atoms with Crippen molar-refractivity contribution in [1.82, 2.24) is 5.32 Å². The molecule has 2 atom stereocenters. The zero-order valence-corrected chi connectivity index (χ0v) is 12.5. The van der Waals surface area contributed by atoms with Crippen LogP contribution >= 0.6 is 0 Å². The van der Waals surface area contributed by atoms with Gasteiger partial charge in [0, 0.05) is 31.2 Å². The van der Waals surface area contributed by atoms with Crippen LogP contribution in [0.3, 0.4) is 0 Å². The second-order valence-electron chi connectivity index (χ2n) is 5.61. The van der Waals surface area contributed by atoms with E-state index in [0.29, 0.717) is 18.6 Å². The molecule has 2 rings (SSSR count). The second-order valence-corrected chi connectivity index (χ2v) is 5.61. The zero-order valence-electron chi connectivity index (χ0n) is 12.5. The Bertz CT molecular complexity index is 436. The Kier molecular flexibility index (Phi) is 5.38. The van der Waals surface area contributed by atoms with Crippen LogP contribution in [0.25, 0.3) is 0 Å². The van der Waals surface area contributed by atoms with E-state index in [0.717, 1.165) is 30.9 Å². The van der Waals surface area contributed by atoms with Crippen molar-refractivity contribution in [3.8, 4) is 5.75 Å². The summed E-state index contributed by atoms with van der Waals surface area (Å²) in [6.07, 6.45) is 0.842. The number of fused-ring (bicyclic) bond motifs is 1. The lowest BCUT2D eigenvalue weighted by Crippen LogP contribution is -2.43. The van der Waals surface area contributed by atoms with Gasteiger partial charge in [-0.25, -0.2) is 4.39 Å². The molecule has 20 heavy (non-hydrogen) atoms. The molecule has 0 fully saturated rings. The van der Waals surface area contributed by atoms with Gasteiger partial charge in [0.1, 0.15) is 17.7 Å². The number of ether oxygens (including phenoxy) is 2. The molecule has 0 aromatic heterocycles. The third-order valence-electron chi connectivity index (χ3n) is 3.68. The first-order valence-corrected chi connectivity index (χ1v) is 7.36. The van der Waals surface area contributed by atoms with Gasteiger partial charge in [-0.15, -0.1) is 0 Å². The smallest absolute Gasteiger partial charge is 0.123 e. The van der Waals surface area contributed by atoms with Gasteiger partial charge in [0.25, 0.3) is 0 Å². The number of benzene rings is 1. The molecular formula is C16H24FNO2. The topological polar surface area (TPSA) is 30.5 Å². The lowest BCUT2D eigenvalue weighted by atomic mass is 10.0. The SMILES string of the molecule is CCOCC(NCC1Cc2cc(F)ccc2O1)C(C)C. The van der Waals surface area contributed by atoms with Crippen LogP contribution in [0.5, 0.6) is 5.75 Å². The van der Waals surface area contributed by atoms with Gasteiger partial charge in [-0.1, -0.05) is 13.8 Å². The molecule has 1 aliphatic heterocycles. The highest BCUT2D eigenvalue weighted by molar-refractivity contribution is 5.37. The maximum atomic E-state index is 13.2. The molecule has 1 N–H and O–H groups in total. The molecule has 0 radical (unpaired) electrons. The van der Waals surface area contributed by atoms with Crippen molar-refractivity contribution in [2.75, 3.05) is 19.8 Å². The van der Waals surface area contributed by atoms with Crippen LogP contribution in [0.4, 0.5) is 4.39 Å². The van der Waals surface area contributed by atoms with Crippen molar-refractivity contribution in [1.29, 1.82) is 0 Å². The van der Waals surface area contributed by atoms with Crippen molar-refractivity contribution in [2.45, 2.75) is 39.3 Å². The van der Waals surface area contributed by atoms with E-state index in [1.54, 1.807) is 12.1 Å². The van der Waals surface area contributed by atoms with Crippen molar-refractivity contribution in [3.63, 3.8) is 0 Å². The van der Waals surface area contributed by atoms with Crippen molar-refractivity contribution in [2.24, 2.45) is 5.92 Å². The Morgan fingerprint density at radius 2 is 2.25 bits per heavy atom. The van der Waals surface area contributed by atoms with Crippen LogP contribution < -0.4 is 10.1 Å². The summed E-state index contributed by atoms with van der Waals surface area (Å²) in [5.74, 6) is 1.12. The van der Waals surface area contributed by atoms with Crippen LogP contribution in [0.1, 0.15) is 26.3 Å². The van der Waals surface area contributed by atoms with Gasteiger partial charge in [0.2, 0.25) is 0 Å². The molecule has 0 saturated carbocycles. The molecule has 1 aliphatic rings. The molecule has 1 heterocycles. The average Bonchev–Trinajstić information content (AvgIpc) is 2.80. The van der Waals surface area contributed by atoms with Gasteiger partial charge >= 0.3 is 0 Å². The Hall–Kier alpha value is -1.13.